The van der Waals surface area contributed by atoms with Crippen molar-refractivity contribution >= 4 is 45.1 Å². The lowest BCUT2D eigenvalue weighted by Crippen LogP contribution is -2.14. The smallest absolute Gasteiger partial charge is 0.259 e. The first kappa shape index (κ1) is 15.1. The van der Waals surface area contributed by atoms with E-state index in [1.807, 2.05) is 0 Å². The number of nitrogens with one attached hydrogen (secondary N) is 2. The normalized spacial score (nSPS) is 11.9. The van der Waals surface area contributed by atoms with Crippen molar-refractivity contribution in [2.45, 2.75) is 13.3 Å². The zero-order valence-electron chi connectivity index (χ0n) is 11.3. The minimum atomic E-state index is -2.12. The monoisotopic (exact) mass is 306 g/mol. The van der Waals surface area contributed by atoms with E-state index in [0.29, 0.717) is 11.4 Å². The average Bonchev–Trinajstić information content (AvgIpc) is 2.37. The number of hydrogen-bond acceptors (Lipinski definition) is 3. The molecule has 0 aromatic heterocycles. The van der Waals surface area contributed by atoms with Crippen molar-refractivity contribution in [1.82, 2.24) is 0 Å². The molecule has 0 aliphatic heterocycles. The molecule has 0 saturated carbocycles. The third-order valence-electron chi connectivity index (χ3n) is 2.74. The summed E-state index contributed by atoms with van der Waals surface area (Å²) in [5, 5.41) is 4.37. The fourth-order valence-electron chi connectivity index (χ4n) is 1.92. The predicted octanol–water partition coefficient (Wildman–Crippen LogP) is 2.31. The van der Waals surface area contributed by atoms with Crippen molar-refractivity contribution in [3.8, 4) is 0 Å². The molecule has 2 aromatic rings. The summed E-state index contributed by atoms with van der Waals surface area (Å²) in [5.74, 6) is -0.545. The van der Waals surface area contributed by atoms with Gasteiger partial charge in [0.25, 0.3) is 11.3 Å². The van der Waals surface area contributed by atoms with Crippen LogP contribution in [0.25, 0.3) is 10.8 Å². The van der Waals surface area contributed by atoms with Gasteiger partial charge in [0.05, 0.1) is 6.42 Å². The van der Waals surface area contributed by atoms with Gasteiger partial charge in [0, 0.05) is 11.4 Å². The van der Waals surface area contributed by atoms with Gasteiger partial charge in [0.2, 0.25) is 5.91 Å². The van der Waals surface area contributed by atoms with Crippen molar-refractivity contribution < 1.29 is 18.4 Å². The Morgan fingerprint density at radius 1 is 1.10 bits per heavy atom. The van der Waals surface area contributed by atoms with Crippen LogP contribution in [-0.2, 0) is 20.9 Å². The number of fused-ring (bicyclic) bond motifs is 1. The molecule has 0 aliphatic carbocycles. The van der Waals surface area contributed by atoms with Crippen molar-refractivity contribution in [3.05, 3.63) is 36.4 Å². The Kier molecular flexibility index (Phi) is 4.66. The molecule has 0 heterocycles. The molecule has 2 rings (SSSR count). The van der Waals surface area contributed by atoms with Crippen LogP contribution >= 0.6 is 0 Å². The van der Waals surface area contributed by atoms with Gasteiger partial charge in [-0.25, -0.2) is 4.21 Å². The Morgan fingerprint density at radius 2 is 1.67 bits per heavy atom. The van der Waals surface area contributed by atoms with E-state index in [1.165, 1.54) is 6.92 Å². The minimum Gasteiger partial charge on any atom is -0.326 e. The second-order valence-corrected chi connectivity index (χ2v) is 5.26. The van der Waals surface area contributed by atoms with Crippen LogP contribution in [0.15, 0.2) is 36.4 Å². The number of anilines is 2. The molecule has 0 saturated heterocycles. The number of benzene rings is 2. The van der Waals surface area contributed by atoms with Gasteiger partial charge in [-0.15, -0.1) is 0 Å². The van der Waals surface area contributed by atoms with E-state index in [2.05, 4.69) is 10.0 Å². The molecule has 0 bridgehead atoms. The minimum absolute atomic E-state index is 0.150. The molecule has 1 unspecified atom stereocenters. The van der Waals surface area contributed by atoms with E-state index in [9.17, 15) is 13.8 Å². The second kappa shape index (κ2) is 6.47. The second-order valence-electron chi connectivity index (χ2n) is 4.55. The van der Waals surface area contributed by atoms with Crippen LogP contribution < -0.4 is 10.0 Å². The quantitative estimate of drug-likeness (QED) is 0.583. The first-order valence-electron chi connectivity index (χ1n) is 6.14. The van der Waals surface area contributed by atoms with Crippen LogP contribution in [0.2, 0.25) is 0 Å². The molecule has 0 radical (unpaired) electrons. The van der Waals surface area contributed by atoms with Gasteiger partial charge in [-0.2, -0.15) is 0 Å². The van der Waals surface area contributed by atoms with Gasteiger partial charge in [-0.3, -0.25) is 18.9 Å². The number of carbonyl (C=O) groups excluding carboxylic acids is 2. The third kappa shape index (κ3) is 4.37. The summed E-state index contributed by atoms with van der Waals surface area (Å²) >= 11 is -2.12. The van der Waals surface area contributed by atoms with Gasteiger partial charge < -0.3 is 5.32 Å². The summed E-state index contributed by atoms with van der Waals surface area (Å²) in [5.41, 5.74) is 1.12. The number of amides is 1. The number of hydrogen-bond donors (Lipinski definition) is 3. The molecule has 1 atom stereocenters. The standard InChI is InChI=1S/C14H14N2O4S/c1-9(17)6-14(18)15-12-4-2-11-8-13(16-21(19)20)5-3-10(11)7-12/h2-5,7-8,16H,6H2,1H3,(H,15,18)(H,19,20). The van der Waals surface area contributed by atoms with E-state index in [0.717, 1.165) is 10.8 Å². The number of ketones is 1. The van der Waals surface area contributed by atoms with E-state index < -0.39 is 11.3 Å². The van der Waals surface area contributed by atoms with Crippen LogP contribution in [0.3, 0.4) is 0 Å². The van der Waals surface area contributed by atoms with Gasteiger partial charge >= 0.3 is 0 Å². The maximum atomic E-state index is 11.5. The molecule has 2 aromatic carbocycles. The van der Waals surface area contributed by atoms with Crippen molar-refractivity contribution in [2.24, 2.45) is 0 Å². The van der Waals surface area contributed by atoms with Crippen LogP contribution in [0.4, 0.5) is 11.4 Å². The molecule has 0 aliphatic rings. The van der Waals surface area contributed by atoms with Gasteiger partial charge in [0.1, 0.15) is 5.78 Å². The third-order valence-corrected chi connectivity index (χ3v) is 3.15. The Balaban J connectivity index is 2.20. The lowest BCUT2D eigenvalue weighted by atomic mass is 10.1. The highest BCUT2D eigenvalue weighted by molar-refractivity contribution is 7.80. The summed E-state index contributed by atoms with van der Waals surface area (Å²) in [6, 6.07) is 10.4. The van der Waals surface area contributed by atoms with Crippen LogP contribution in [0.5, 0.6) is 0 Å². The van der Waals surface area contributed by atoms with Gasteiger partial charge in [-0.1, -0.05) is 12.1 Å². The average molecular weight is 306 g/mol. The van der Waals surface area contributed by atoms with Crippen LogP contribution in [-0.4, -0.2) is 20.5 Å². The van der Waals surface area contributed by atoms with Gasteiger partial charge in [0.15, 0.2) is 0 Å². The molecule has 3 N–H and O–H groups in total. The summed E-state index contributed by atoms with van der Waals surface area (Å²) in [6.07, 6.45) is -0.150. The maximum Gasteiger partial charge on any atom is 0.259 e. The Morgan fingerprint density at radius 3 is 2.24 bits per heavy atom. The SMILES string of the molecule is CC(=O)CC(=O)Nc1ccc2cc(NS(=O)O)ccc2c1. The molecule has 110 valence electrons. The maximum absolute atomic E-state index is 11.5. The summed E-state index contributed by atoms with van der Waals surface area (Å²) in [7, 11) is 0. The topological polar surface area (TPSA) is 95.5 Å². The van der Waals surface area contributed by atoms with Crippen molar-refractivity contribution in [3.63, 3.8) is 0 Å². The zero-order valence-corrected chi connectivity index (χ0v) is 12.1. The van der Waals surface area contributed by atoms with Crippen molar-refractivity contribution in [1.29, 1.82) is 0 Å². The highest BCUT2D eigenvalue weighted by Gasteiger charge is 2.06. The molecule has 1 amide bonds. The number of carbonyl (C=O) groups is 2. The van der Waals surface area contributed by atoms with E-state index in [-0.39, 0.29) is 18.1 Å². The molecular weight excluding hydrogens is 292 g/mol. The molecule has 21 heavy (non-hydrogen) atoms. The zero-order chi connectivity index (χ0) is 15.4. The molecule has 6 nitrogen and oxygen atoms in total. The Bertz CT molecular complexity index is 730. The molecular formula is C14H14N2O4S. The Hall–Kier alpha value is -2.25. The van der Waals surface area contributed by atoms with Crippen LogP contribution in [0, 0.1) is 0 Å². The number of rotatable bonds is 5. The van der Waals surface area contributed by atoms with Gasteiger partial charge in [-0.05, 0) is 42.0 Å². The van der Waals surface area contributed by atoms with Crippen LogP contribution in [0.1, 0.15) is 13.3 Å². The lowest BCUT2D eigenvalue weighted by Gasteiger charge is -2.07. The fourth-order valence-corrected chi connectivity index (χ4v) is 2.25. The number of Topliss-reactive ketones (excluding diaryl/α,β-unsaturated/α-hetero) is 1. The largest absolute Gasteiger partial charge is 0.326 e. The lowest BCUT2D eigenvalue weighted by molar-refractivity contribution is -0.124. The summed E-state index contributed by atoms with van der Waals surface area (Å²) in [6.45, 7) is 1.36. The summed E-state index contributed by atoms with van der Waals surface area (Å²) < 4.78 is 21.9. The van der Waals surface area contributed by atoms with E-state index in [1.54, 1.807) is 36.4 Å². The molecule has 0 fully saturated rings. The Labute approximate surface area is 124 Å². The van der Waals surface area contributed by atoms with E-state index >= 15 is 0 Å². The highest BCUT2D eigenvalue weighted by atomic mass is 32.2. The molecule has 0 spiro atoms. The predicted molar refractivity (Wildman–Crippen MR) is 82.3 cm³/mol. The van der Waals surface area contributed by atoms with Crippen molar-refractivity contribution in [2.75, 3.05) is 10.0 Å². The summed E-state index contributed by atoms with van der Waals surface area (Å²) in [4.78, 5) is 22.4. The first-order chi connectivity index (χ1) is 9.94. The first-order valence-corrected chi connectivity index (χ1v) is 7.25. The molecule has 7 heteroatoms. The fraction of sp³-hybridized carbons (Fsp3) is 0.143. The highest BCUT2D eigenvalue weighted by Crippen LogP contribution is 2.23. The van der Waals surface area contributed by atoms with E-state index in [4.69, 9.17) is 4.55 Å².